The zero-order chi connectivity index (χ0) is 30.1. The van der Waals surface area contributed by atoms with Gasteiger partial charge in [0.15, 0.2) is 0 Å². The molecule has 3 amide bonds. The standard InChI is InChI=1S/C31H26N4O6S/c1-19(28(37)34-23-11-14-27(36)25(17-23)31(40)41)42-24-12-9-22(10-13-24)33-30(39)26(16-20-6-5-15-32-18-20)35-29(38)21-7-3-2-4-8-21/h2-19,36H,1H3,(H,33,39)(H,34,37)(H,35,38)(H,40,41)/b26-16-. The first-order valence-corrected chi connectivity index (χ1v) is 13.5. The molecule has 212 valence electrons. The number of benzene rings is 3. The number of aromatic carboxylic acids is 1. The fourth-order valence-electron chi connectivity index (χ4n) is 3.67. The van der Waals surface area contributed by atoms with Crippen molar-refractivity contribution in [2.24, 2.45) is 0 Å². The summed E-state index contributed by atoms with van der Waals surface area (Å²) in [4.78, 5) is 54.6. The lowest BCUT2D eigenvalue weighted by Gasteiger charge is -2.14. The summed E-state index contributed by atoms with van der Waals surface area (Å²) in [6.07, 6.45) is 4.70. The molecule has 11 heteroatoms. The van der Waals surface area contributed by atoms with Crippen LogP contribution in [-0.4, -0.2) is 44.1 Å². The number of hydrogen-bond acceptors (Lipinski definition) is 7. The lowest BCUT2D eigenvalue weighted by molar-refractivity contribution is -0.115. The second kappa shape index (κ2) is 13.8. The normalized spacial score (nSPS) is 11.7. The van der Waals surface area contributed by atoms with E-state index in [0.29, 0.717) is 16.8 Å². The first-order chi connectivity index (χ1) is 20.2. The van der Waals surface area contributed by atoms with Gasteiger partial charge in [0, 0.05) is 34.2 Å². The summed E-state index contributed by atoms with van der Waals surface area (Å²) >= 11 is 1.26. The van der Waals surface area contributed by atoms with Gasteiger partial charge in [-0.25, -0.2) is 4.79 Å². The Morgan fingerprint density at radius 2 is 1.60 bits per heavy atom. The van der Waals surface area contributed by atoms with Crippen molar-refractivity contribution in [2.75, 3.05) is 10.6 Å². The fourth-order valence-corrected chi connectivity index (χ4v) is 4.54. The molecule has 4 rings (SSSR count). The highest BCUT2D eigenvalue weighted by atomic mass is 32.2. The van der Waals surface area contributed by atoms with Crippen LogP contribution >= 0.6 is 11.8 Å². The van der Waals surface area contributed by atoms with Crippen LogP contribution in [0.2, 0.25) is 0 Å². The molecule has 1 unspecified atom stereocenters. The van der Waals surface area contributed by atoms with Gasteiger partial charge in [0.2, 0.25) is 5.91 Å². The van der Waals surface area contributed by atoms with Crippen molar-refractivity contribution in [2.45, 2.75) is 17.1 Å². The molecule has 1 aromatic heterocycles. The molecule has 0 bridgehead atoms. The predicted octanol–water partition coefficient (Wildman–Crippen LogP) is 5.01. The molecule has 0 spiro atoms. The number of carbonyl (C=O) groups is 4. The minimum atomic E-state index is -1.31. The summed E-state index contributed by atoms with van der Waals surface area (Å²) in [5, 5.41) is 26.4. The van der Waals surface area contributed by atoms with Gasteiger partial charge in [-0.1, -0.05) is 24.3 Å². The van der Waals surface area contributed by atoms with Crippen molar-refractivity contribution in [3.63, 3.8) is 0 Å². The third kappa shape index (κ3) is 8.05. The number of anilines is 2. The smallest absolute Gasteiger partial charge is 0.339 e. The Hall–Kier alpha value is -5.42. The largest absolute Gasteiger partial charge is 0.507 e. The van der Waals surface area contributed by atoms with Crippen LogP contribution in [-0.2, 0) is 9.59 Å². The summed E-state index contributed by atoms with van der Waals surface area (Å²) < 4.78 is 0. The van der Waals surface area contributed by atoms with E-state index in [1.165, 1.54) is 36.0 Å². The fraction of sp³-hybridized carbons (Fsp3) is 0.0645. The number of nitrogens with zero attached hydrogens (tertiary/aromatic N) is 1. The number of pyridine rings is 1. The summed E-state index contributed by atoms with van der Waals surface area (Å²) in [6.45, 7) is 1.69. The number of rotatable bonds is 10. The molecule has 0 fully saturated rings. The van der Waals surface area contributed by atoms with Crippen molar-refractivity contribution < 1.29 is 29.4 Å². The minimum absolute atomic E-state index is 0.0286. The van der Waals surface area contributed by atoms with Crippen molar-refractivity contribution in [1.82, 2.24) is 10.3 Å². The topological polar surface area (TPSA) is 158 Å². The molecular formula is C31H26N4O6S. The van der Waals surface area contributed by atoms with E-state index in [1.807, 2.05) is 0 Å². The molecule has 5 N–H and O–H groups in total. The molecule has 3 aromatic carbocycles. The Balaban J connectivity index is 1.40. The Kier molecular flexibility index (Phi) is 9.69. The molecular weight excluding hydrogens is 556 g/mol. The number of amides is 3. The average Bonchev–Trinajstić information content (AvgIpc) is 2.99. The van der Waals surface area contributed by atoms with Crippen LogP contribution in [0.25, 0.3) is 6.08 Å². The van der Waals surface area contributed by atoms with Gasteiger partial charge in [-0.2, -0.15) is 0 Å². The minimum Gasteiger partial charge on any atom is -0.507 e. The van der Waals surface area contributed by atoms with Crippen LogP contribution in [0.1, 0.15) is 33.2 Å². The van der Waals surface area contributed by atoms with E-state index >= 15 is 0 Å². The number of thioether (sulfide) groups is 1. The van der Waals surface area contributed by atoms with Crippen LogP contribution in [0.5, 0.6) is 5.75 Å². The van der Waals surface area contributed by atoms with Crippen LogP contribution in [0.4, 0.5) is 11.4 Å². The van der Waals surface area contributed by atoms with E-state index in [0.717, 1.165) is 4.90 Å². The van der Waals surface area contributed by atoms with Gasteiger partial charge in [-0.3, -0.25) is 19.4 Å². The van der Waals surface area contributed by atoms with Crippen molar-refractivity contribution in [1.29, 1.82) is 0 Å². The number of carboxylic acid groups (broad SMARTS) is 1. The number of nitrogens with one attached hydrogen (secondary N) is 3. The Bertz CT molecular complexity index is 1630. The van der Waals surface area contributed by atoms with E-state index in [-0.39, 0.29) is 22.9 Å². The molecule has 10 nitrogen and oxygen atoms in total. The van der Waals surface area contributed by atoms with E-state index in [4.69, 9.17) is 5.11 Å². The van der Waals surface area contributed by atoms with Crippen molar-refractivity contribution >= 4 is 52.9 Å². The number of carboxylic acids is 1. The molecule has 0 aliphatic rings. The van der Waals surface area contributed by atoms with Gasteiger partial charge in [-0.05, 0) is 79.2 Å². The summed E-state index contributed by atoms with van der Waals surface area (Å²) in [5.41, 5.74) is 1.45. The van der Waals surface area contributed by atoms with E-state index in [1.54, 1.807) is 86.0 Å². The monoisotopic (exact) mass is 582 g/mol. The quantitative estimate of drug-likeness (QED) is 0.0991. The molecule has 4 aromatic rings. The molecule has 0 aliphatic heterocycles. The van der Waals surface area contributed by atoms with Gasteiger partial charge < -0.3 is 26.2 Å². The molecule has 0 aliphatic carbocycles. The van der Waals surface area contributed by atoms with Crippen molar-refractivity contribution in [3.8, 4) is 5.75 Å². The number of hydrogen-bond donors (Lipinski definition) is 5. The van der Waals surface area contributed by atoms with E-state index in [2.05, 4.69) is 20.9 Å². The lowest BCUT2D eigenvalue weighted by atomic mass is 10.2. The molecule has 1 heterocycles. The SMILES string of the molecule is CC(Sc1ccc(NC(=O)/C(=C/c2cccnc2)NC(=O)c2ccccc2)cc1)C(=O)Nc1ccc(O)c(C(=O)O)c1. The van der Waals surface area contributed by atoms with Gasteiger partial charge >= 0.3 is 5.97 Å². The summed E-state index contributed by atoms with van der Waals surface area (Å²) in [6, 6.07) is 22.6. The maximum Gasteiger partial charge on any atom is 0.339 e. The average molecular weight is 583 g/mol. The zero-order valence-electron chi connectivity index (χ0n) is 22.3. The first-order valence-electron chi connectivity index (χ1n) is 12.6. The third-order valence-electron chi connectivity index (χ3n) is 5.81. The second-order valence-electron chi connectivity index (χ2n) is 8.93. The third-order valence-corrected chi connectivity index (χ3v) is 6.92. The molecule has 0 saturated heterocycles. The van der Waals surface area contributed by atoms with Crippen LogP contribution in [0.3, 0.4) is 0 Å². The predicted molar refractivity (Wildman–Crippen MR) is 160 cm³/mol. The summed E-state index contributed by atoms with van der Waals surface area (Å²) in [7, 11) is 0. The number of aromatic hydroxyl groups is 1. The first kappa shape index (κ1) is 29.6. The lowest BCUT2D eigenvalue weighted by Crippen LogP contribution is -2.30. The second-order valence-corrected chi connectivity index (χ2v) is 10.3. The molecule has 42 heavy (non-hydrogen) atoms. The molecule has 1 atom stereocenters. The highest BCUT2D eigenvalue weighted by Crippen LogP contribution is 2.27. The van der Waals surface area contributed by atoms with Crippen molar-refractivity contribution in [3.05, 3.63) is 120 Å². The maximum atomic E-state index is 13.2. The number of aromatic nitrogens is 1. The Labute approximate surface area is 245 Å². The molecule has 0 radical (unpaired) electrons. The number of phenols is 1. The van der Waals surface area contributed by atoms with Gasteiger partial charge in [-0.15, -0.1) is 11.8 Å². The van der Waals surface area contributed by atoms with Crippen LogP contribution in [0, 0.1) is 0 Å². The van der Waals surface area contributed by atoms with Crippen LogP contribution < -0.4 is 16.0 Å². The highest BCUT2D eigenvalue weighted by Gasteiger charge is 2.18. The van der Waals surface area contributed by atoms with Gasteiger partial charge in [0.25, 0.3) is 11.8 Å². The van der Waals surface area contributed by atoms with Crippen LogP contribution in [0.15, 0.2) is 108 Å². The van der Waals surface area contributed by atoms with Gasteiger partial charge in [0.1, 0.15) is 17.0 Å². The van der Waals surface area contributed by atoms with Gasteiger partial charge in [0.05, 0.1) is 5.25 Å². The Morgan fingerprint density at radius 3 is 2.26 bits per heavy atom. The number of carbonyl (C=O) groups excluding carboxylic acids is 3. The highest BCUT2D eigenvalue weighted by molar-refractivity contribution is 8.00. The van der Waals surface area contributed by atoms with E-state index in [9.17, 15) is 24.3 Å². The molecule has 0 saturated carbocycles. The zero-order valence-corrected chi connectivity index (χ0v) is 23.1. The maximum absolute atomic E-state index is 13.2. The summed E-state index contributed by atoms with van der Waals surface area (Å²) in [5.74, 6) is -3.04. The van der Waals surface area contributed by atoms with E-state index < -0.39 is 28.8 Å². The Morgan fingerprint density at radius 1 is 0.881 bits per heavy atom.